The number of nitrogens with one attached hydrogen (secondary N) is 1. The SMILES string of the molecule is COc1ccc(C(C)C(=O)NC2(C(=O)O)CCCCCC2)cc1. The molecule has 0 radical (unpaired) electrons. The molecule has 2 rings (SSSR count). The van der Waals surface area contributed by atoms with E-state index < -0.39 is 17.4 Å². The van der Waals surface area contributed by atoms with Gasteiger partial charge in [-0.3, -0.25) is 4.79 Å². The number of carbonyl (C=O) groups is 2. The number of hydrogen-bond donors (Lipinski definition) is 2. The first kappa shape index (κ1) is 17.3. The average molecular weight is 319 g/mol. The first-order chi connectivity index (χ1) is 11.0. The Morgan fingerprint density at radius 2 is 1.70 bits per heavy atom. The van der Waals surface area contributed by atoms with Gasteiger partial charge in [0.1, 0.15) is 11.3 Å². The molecule has 1 aromatic rings. The zero-order valence-electron chi connectivity index (χ0n) is 13.8. The van der Waals surface area contributed by atoms with E-state index in [2.05, 4.69) is 5.32 Å². The summed E-state index contributed by atoms with van der Waals surface area (Å²) < 4.78 is 5.11. The van der Waals surface area contributed by atoms with E-state index >= 15 is 0 Å². The summed E-state index contributed by atoms with van der Waals surface area (Å²) in [4.78, 5) is 24.4. The average Bonchev–Trinajstić information content (AvgIpc) is 2.80. The van der Waals surface area contributed by atoms with Crippen LogP contribution in [0.25, 0.3) is 0 Å². The summed E-state index contributed by atoms with van der Waals surface area (Å²) in [7, 11) is 1.59. The monoisotopic (exact) mass is 319 g/mol. The maximum absolute atomic E-state index is 12.6. The van der Waals surface area contributed by atoms with Crippen molar-refractivity contribution >= 4 is 11.9 Å². The molecule has 1 unspecified atom stereocenters. The molecule has 1 fully saturated rings. The first-order valence-corrected chi connectivity index (χ1v) is 8.18. The van der Waals surface area contributed by atoms with Crippen LogP contribution in [0.3, 0.4) is 0 Å². The molecule has 23 heavy (non-hydrogen) atoms. The minimum Gasteiger partial charge on any atom is -0.497 e. The van der Waals surface area contributed by atoms with Gasteiger partial charge in [0.15, 0.2) is 0 Å². The Morgan fingerprint density at radius 1 is 1.13 bits per heavy atom. The Hall–Kier alpha value is -2.04. The van der Waals surface area contributed by atoms with Crippen molar-refractivity contribution in [3.05, 3.63) is 29.8 Å². The highest BCUT2D eigenvalue weighted by Crippen LogP contribution is 2.29. The van der Waals surface area contributed by atoms with E-state index in [1.807, 2.05) is 12.1 Å². The van der Waals surface area contributed by atoms with Crippen molar-refractivity contribution < 1.29 is 19.4 Å². The first-order valence-electron chi connectivity index (χ1n) is 8.18. The summed E-state index contributed by atoms with van der Waals surface area (Å²) in [5.41, 5.74) is -0.272. The maximum Gasteiger partial charge on any atom is 0.329 e. The largest absolute Gasteiger partial charge is 0.497 e. The van der Waals surface area contributed by atoms with Gasteiger partial charge in [-0.1, -0.05) is 37.8 Å². The molecule has 0 aromatic heterocycles. The van der Waals surface area contributed by atoms with Gasteiger partial charge in [-0.25, -0.2) is 4.79 Å². The highest BCUT2D eigenvalue weighted by Gasteiger charge is 2.40. The van der Waals surface area contributed by atoms with Gasteiger partial charge in [-0.2, -0.15) is 0 Å². The summed E-state index contributed by atoms with van der Waals surface area (Å²) in [5, 5.41) is 12.5. The summed E-state index contributed by atoms with van der Waals surface area (Å²) in [6.07, 6.45) is 4.73. The van der Waals surface area contributed by atoms with Crippen molar-refractivity contribution in [2.24, 2.45) is 0 Å². The van der Waals surface area contributed by atoms with Crippen molar-refractivity contribution in [2.45, 2.75) is 56.9 Å². The molecule has 1 atom stereocenters. The van der Waals surface area contributed by atoms with Crippen LogP contribution in [0.1, 0.15) is 56.9 Å². The third-order valence-electron chi connectivity index (χ3n) is 4.74. The zero-order chi connectivity index (χ0) is 16.9. The van der Waals surface area contributed by atoms with E-state index in [1.54, 1.807) is 26.2 Å². The van der Waals surface area contributed by atoms with Crippen LogP contribution < -0.4 is 10.1 Å². The van der Waals surface area contributed by atoms with Gasteiger partial charge in [0.05, 0.1) is 13.0 Å². The Labute approximate surface area is 137 Å². The molecule has 0 aliphatic heterocycles. The van der Waals surface area contributed by atoms with Crippen LogP contribution in [0.4, 0.5) is 0 Å². The summed E-state index contributed by atoms with van der Waals surface area (Å²) in [5.74, 6) is -0.832. The fraction of sp³-hybridized carbons (Fsp3) is 0.556. The Kier molecular flexibility index (Phi) is 5.64. The summed E-state index contributed by atoms with van der Waals surface area (Å²) >= 11 is 0. The molecule has 1 aromatic carbocycles. The summed E-state index contributed by atoms with van der Waals surface area (Å²) in [6.45, 7) is 1.80. The molecule has 1 amide bonds. The van der Waals surface area contributed by atoms with Gasteiger partial charge in [0.2, 0.25) is 5.91 Å². The van der Waals surface area contributed by atoms with Crippen molar-refractivity contribution in [2.75, 3.05) is 7.11 Å². The van der Waals surface area contributed by atoms with Gasteiger partial charge in [-0.15, -0.1) is 0 Å². The molecule has 0 heterocycles. The second-order valence-corrected chi connectivity index (χ2v) is 6.29. The highest BCUT2D eigenvalue weighted by molar-refractivity contribution is 5.90. The second-order valence-electron chi connectivity index (χ2n) is 6.29. The van der Waals surface area contributed by atoms with Crippen LogP contribution in [0, 0.1) is 0 Å². The fourth-order valence-electron chi connectivity index (χ4n) is 3.11. The van der Waals surface area contributed by atoms with Crippen molar-refractivity contribution in [3.8, 4) is 5.75 Å². The molecule has 0 bridgehead atoms. The topological polar surface area (TPSA) is 75.6 Å². The number of hydrogen-bond acceptors (Lipinski definition) is 3. The predicted molar refractivity (Wildman–Crippen MR) is 87.6 cm³/mol. The minimum absolute atomic E-state index is 0.237. The lowest BCUT2D eigenvalue weighted by Gasteiger charge is -2.30. The fourth-order valence-corrected chi connectivity index (χ4v) is 3.11. The van der Waals surface area contributed by atoms with E-state index in [0.29, 0.717) is 12.8 Å². The van der Waals surface area contributed by atoms with Crippen LogP contribution in [0.2, 0.25) is 0 Å². The van der Waals surface area contributed by atoms with E-state index in [1.165, 1.54) is 0 Å². The molecular formula is C18H25NO4. The van der Waals surface area contributed by atoms with Crippen LogP contribution in [-0.2, 0) is 9.59 Å². The van der Waals surface area contributed by atoms with E-state index in [0.717, 1.165) is 37.0 Å². The Bertz CT molecular complexity index is 545. The lowest BCUT2D eigenvalue weighted by molar-refractivity contribution is -0.148. The van der Waals surface area contributed by atoms with Crippen LogP contribution >= 0.6 is 0 Å². The van der Waals surface area contributed by atoms with Crippen LogP contribution in [-0.4, -0.2) is 29.6 Å². The third kappa shape index (κ3) is 4.03. The van der Waals surface area contributed by atoms with Gasteiger partial charge < -0.3 is 15.2 Å². The van der Waals surface area contributed by atoms with Gasteiger partial charge in [0.25, 0.3) is 0 Å². The normalized spacial score (nSPS) is 18.5. The number of ether oxygens (including phenoxy) is 1. The number of methoxy groups -OCH3 is 1. The Morgan fingerprint density at radius 3 is 2.17 bits per heavy atom. The zero-order valence-corrected chi connectivity index (χ0v) is 13.8. The standard InChI is InChI=1S/C18H25NO4/c1-13(14-7-9-15(23-2)10-8-14)16(20)19-18(17(21)22)11-5-3-4-6-12-18/h7-10,13H,3-6,11-12H2,1-2H3,(H,19,20)(H,21,22). The molecular weight excluding hydrogens is 294 g/mol. The maximum atomic E-state index is 12.6. The van der Waals surface area contributed by atoms with Crippen LogP contribution in [0.5, 0.6) is 5.75 Å². The molecule has 0 spiro atoms. The molecule has 1 saturated carbocycles. The van der Waals surface area contributed by atoms with Crippen molar-refractivity contribution in [3.63, 3.8) is 0 Å². The van der Waals surface area contributed by atoms with E-state index in [-0.39, 0.29) is 5.91 Å². The molecule has 1 aliphatic carbocycles. The number of aliphatic carboxylic acids is 1. The number of rotatable bonds is 5. The predicted octanol–water partition coefficient (Wildman–Crippen LogP) is 3.09. The van der Waals surface area contributed by atoms with Gasteiger partial charge in [-0.05, 0) is 37.5 Å². The van der Waals surface area contributed by atoms with Gasteiger partial charge in [0, 0.05) is 0 Å². The van der Waals surface area contributed by atoms with Gasteiger partial charge >= 0.3 is 5.97 Å². The summed E-state index contributed by atoms with van der Waals surface area (Å²) in [6, 6.07) is 7.28. The lowest BCUT2D eigenvalue weighted by atomic mass is 9.88. The lowest BCUT2D eigenvalue weighted by Crippen LogP contribution is -2.55. The van der Waals surface area contributed by atoms with Crippen molar-refractivity contribution in [1.29, 1.82) is 0 Å². The van der Waals surface area contributed by atoms with E-state index in [4.69, 9.17) is 4.74 Å². The smallest absolute Gasteiger partial charge is 0.329 e. The molecule has 0 saturated heterocycles. The Balaban J connectivity index is 2.12. The highest BCUT2D eigenvalue weighted by atomic mass is 16.5. The number of benzene rings is 1. The molecule has 126 valence electrons. The molecule has 5 nitrogen and oxygen atoms in total. The number of carbonyl (C=O) groups excluding carboxylic acids is 1. The molecule has 2 N–H and O–H groups in total. The third-order valence-corrected chi connectivity index (χ3v) is 4.74. The minimum atomic E-state index is -1.12. The van der Waals surface area contributed by atoms with Crippen LogP contribution in [0.15, 0.2) is 24.3 Å². The number of carboxylic acids is 1. The van der Waals surface area contributed by atoms with Crippen molar-refractivity contribution in [1.82, 2.24) is 5.32 Å². The number of carboxylic acid groups (broad SMARTS) is 1. The van der Waals surface area contributed by atoms with E-state index in [9.17, 15) is 14.7 Å². The second kappa shape index (κ2) is 7.49. The molecule has 1 aliphatic rings. The number of amides is 1. The quantitative estimate of drug-likeness (QED) is 0.818. The molecule has 5 heteroatoms.